The highest BCUT2D eigenvalue weighted by Crippen LogP contribution is 2.36. The third-order valence-electron chi connectivity index (χ3n) is 7.00. The second-order valence-electron chi connectivity index (χ2n) is 10.4. The molecule has 20 nitrogen and oxygen atoms in total. The van der Waals surface area contributed by atoms with Gasteiger partial charge in [0.25, 0.3) is 11.8 Å². The number of oxime groups is 1. The molecule has 2 amide bonds. The first-order valence-corrected chi connectivity index (χ1v) is 13.7. The van der Waals surface area contributed by atoms with Gasteiger partial charge in [-0.25, -0.2) is 23.9 Å². The molecule has 3 atom stereocenters. The fourth-order valence-corrected chi connectivity index (χ4v) is 5.09. The molecule has 0 aromatic carbocycles. The maximum Gasteiger partial charge on any atom is 0.455 e. The number of nitrogens with zero attached hydrogens (tertiary/aromatic N) is 5. The number of aliphatic hydroxyl groups is 1. The topological polar surface area (TPSA) is 286 Å². The number of rotatable bonds is 9. The maximum atomic E-state index is 13.4. The Morgan fingerprint density at radius 3 is 2.60 bits per heavy atom. The number of aromatic nitrogens is 2. The quantitative estimate of drug-likeness (QED) is 0.0709. The number of aliphatic carboxylic acids is 2. The van der Waals surface area contributed by atoms with Crippen LogP contribution in [0.25, 0.3) is 0 Å². The number of carboxylic acids is 2. The molecule has 45 heavy (non-hydrogen) atoms. The van der Waals surface area contributed by atoms with Gasteiger partial charge < -0.3 is 41.1 Å². The van der Waals surface area contributed by atoms with Gasteiger partial charge in [0, 0.05) is 11.4 Å². The van der Waals surface area contributed by atoms with E-state index in [0.29, 0.717) is 0 Å². The van der Waals surface area contributed by atoms with Gasteiger partial charge in [-0.3, -0.25) is 19.2 Å². The van der Waals surface area contributed by atoms with Crippen molar-refractivity contribution in [3.8, 4) is 5.75 Å². The summed E-state index contributed by atoms with van der Waals surface area (Å²) in [5, 5.41) is 47.4. The summed E-state index contributed by atoms with van der Waals surface area (Å²) in [5.74, 6) is -7.31. The summed E-state index contributed by atoms with van der Waals surface area (Å²) in [6.07, 6.45) is 0.161. The number of anilines is 1. The van der Waals surface area contributed by atoms with Gasteiger partial charge in [0.15, 0.2) is 23.1 Å². The number of nitrogens with one attached hydrogen (secondary N) is 1. The highest BCUT2D eigenvalue weighted by atomic mass is 32.1. The van der Waals surface area contributed by atoms with Crippen LogP contribution in [-0.2, 0) is 44.9 Å². The van der Waals surface area contributed by atoms with Gasteiger partial charge >= 0.3 is 29.7 Å². The largest absolute Gasteiger partial charge is 0.502 e. The van der Waals surface area contributed by atoms with E-state index in [-0.39, 0.29) is 28.1 Å². The number of carbonyl (C=O) groups is 5. The number of hydroxylamine groups is 2. The predicted molar refractivity (Wildman–Crippen MR) is 145 cm³/mol. The van der Waals surface area contributed by atoms with E-state index in [1.54, 1.807) is 0 Å². The average Bonchev–Trinajstić information content (AvgIpc) is 3.71. The smallest absolute Gasteiger partial charge is 0.455 e. The minimum atomic E-state index is -2.74. The molecular weight excluding hydrogens is 626 g/mol. The monoisotopic (exact) mass is 650 g/mol. The number of hydrogen-bond donors (Lipinski definition) is 6. The molecular formula is C24H24N7O13S+. The molecule has 2 unspecified atom stereocenters. The van der Waals surface area contributed by atoms with Gasteiger partial charge in [-0.2, -0.15) is 9.63 Å². The van der Waals surface area contributed by atoms with Crippen molar-refractivity contribution in [3.05, 3.63) is 39.3 Å². The molecule has 0 saturated carbocycles. The van der Waals surface area contributed by atoms with Crippen LogP contribution in [0, 0.1) is 0 Å². The van der Waals surface area contributed by atoms with Crippen molar-refractivity contribution in [3.63, 3.8) is 0 Å². The predicted octanol–water partition coefficient (Wildman–Crippen LogP) is -2.48. The minimum absolute atomic E-state index is 0.0310. The number of nitrogens with two attached hydrogens (primary N) is 1. The molecule has 7 N–H and O–H groups in total. The summed E-state index contributed by atoms with van der Waals surface area (Å²) in [6.45, 7) is 1.46. The molecule has 5 rings (SSSR count). The molecule has 0 radical (unpaired) electrons. The lowest BCUT2D eigenvalue weighted by Crippen LogP contribution is -2.57. The Morgan fingerprint density at radius 2 is 1.98 bits per heavy atom. The highest BCUT2D eigenvalue weighted by molar-refractivity contribution is 7.13. The van der Waals surface area contributed by atoms with Crippen LogP contribution in [0.15, 0.2) is 27.6 Å². The number of cyclic esters (lactones) is 1. The summed E-state index contributed by atoms with van der Waals surface area (Å²) in [4.78, 5) is 89.6. The number of aromatic hydroxyl groups is 1. The maximum absolute atomic E-state index is 13.4. The number of aliphatic hydroxyl groups excluding tert-OH is 1. The SMILES string of the molecule is CC(C)(O/N=C(\C(=O)N[C@H]1CON(C2(C(=O)O)CC([N+]3=C(O)n4cc(O)c(=O)cc4C3)C(=O)O2)C1=O)c1csc(N)n1)C(=O)O. The fraction of sp³-hybridized carbons (Fsp3) is 0.375. The van der Waals surface area contributed by atoms with Gasteiger partial charge in [0.05, 0.1) is 6.42 Å². The van der Waals surface area contributed by atoms with E-state index in [2.05, 4.69) is 15.5 Å². The molecule has 3 aliphatic rings. The molecule has 0 aliphatic carbocycles. The van der Waals surface area contributed by atoms with Crippen molar-refractivity contribution in [2.75, 3.05) is 12.3 Å². The molecule has 238 valence electrons. The van der Waals surface area contributed by atoms with E-state index in [4.69, 9.17) is 20.1 Å². The van der Waals surface area contributed by atoms with E-state index in [0.717, 1.165) is 32.7 Å². The molecule has 2 fully saturated rings. The molecule has 2 aromatic rings. The number of nitrogen functional groups attached to an aromatic ring is 1. The first-order chi connectivity index (χ1) is 21.1. The third-order valence-corrected chi connectivity index (χ3v) is 7.67. The van der Waals surface area contributed by atoms with Crippen LogP contribution in [0.2, 0.25) is 0 Å². The molecule has 21 heteroatoms. The van der Waals surface area contributed by atoms with Crippen LogP contribution in [0.5, 0.6) is 5.75 Å². The Morgan fingerprint density at radius 1 is 1.27 bits per heavy atom. The summed E-state index contributed by atoms with van der Waals surface area (Å²) in [6, 6.07) is -2.65. The first kappa shape index (κ1) is 30.9. The Hall–Kier alpha value is -5.57. The Labute approximate surface area is 254 Å². The normalized spacial score (nSPS) is 23.2. The van der Waals surface area contributed by atoms with Crippen LogP contribution in [-0.4, -0.2) is 111 Å². The summed E-state index contributed by atoms with van der Waals surface area (Å²) in [5.41, 5.74) is -0.232. The molecule has 0 spiro atoms. The van der Waals surface area contributed by atoms with E-state index in [1.165, 1.54) is 19.2 Å². The third kappa shape index (κ3) is 5.26. The number of fused-ring (bicyclic) bond motifs is 1. The van der Waals surface area contributed by atoms with Gasteiger partial charge in [-0.1, -0.05) is 5.16 Å². The van der Waals surface area contributed by atoms with Gasteiger partial charge in [-0.15, -0.1) is 11.3 Å². The highest BCUT2D eigenvalue weighted by Gasteiger charge is 2.65. The first-order valence-electron chi connectivity index (χ1n) is 12.8. The van der Waals surface area contributed by atoms with Gasteiger partial charge in [-0.05, 0) is 13.8 Å². The second-order valence-corrected chi connectivity index (χ2v) is 11.3. The molecule has 2 saturated heterocycles. The lowest BCUT2D eigenvalue weighted by atomic mass is 10.1. The number of pyridine rings is 1. The standard InChI is InChI=1S/C24H23N7O13S/c1-23(2,19(37)38)44-28-15(11-8-45-21(25)27-11)16(34)26-10-7-42-31(17(10)35)24(20(39)40)4-12(18(36)43-24)30-5-9-3-13(32)14(33)6-29(9)22(30)41/h3,6,8,10,12H,4-5,7H2,1-2H3,(H6,25,26,27,33,34,37,38,39,40)/p+1/b28-15-/t10-,12?,24?/m0/s1. The van der Waals surface area contributed by atoms with Crippen LogP contribution in [0.1, 0.15) is 31.7 Å². The number of amides is 2. The lowest BCUT2D eigenvalue weighted by Gasteiger charge is -2.30. The molecule has 5 heterocycles. The average molecular weight is 651 g/mol. The van der Waals surface area contributed by atoms with E-state index in [9.17, 15) is 49.2 Å². The Kier molecular flexibility index (Phi) is 7.45. The fourth-order valence-electron chi connectivity index (χ4n) is 4.54. The van der Waals surface area contributed by atoms with Gasteiger partial charge in [0.2, 0.25) is 22.8 Å². The zero-order valence-electron chi connectivity index (χ0n) is 23.2. The van der Waals surface area contributed by atoms with E-state index >= 15 is 0 Å². The molecule has 3 aliphatic heterocycles. The number of thiazole rings is 1. The number of ether oxygens (including phenoxy) is 1. The Balaban J connectivity index is 1.37. The second kappa shape index (κ2) is 10.9. The van der Waals surface area contributed by atoms with Crippen molar-refractivity contribution in [1.82, 2.24) is 19.9 Å². The van der Waals surface area contributed by atoms with Crippen LogP contribution >= 0.6 is 11.3 Å². The number of carboxylic acid groups (broad SMARTS) is 2. The zero-order valence-corrected chi connectivity index (χ0v) is 24.0. The van der Waals surface area contributed by atoms with Crippen molar-refractivity contribution in [1.29, 1.82) is 0 Å². The van der Waals surface area contributed by atoms with Crippen molar-refractivity contribution >= 4 is 57.9 Å². The van der Waals surface area contributed by atoms with Crippen LogP contribution in [0.3, 0.4) is 0 Å². The van der Waals surface area contributed by atoms with E-state index < -0.39 is 89.1 Å². The van der Waals surface area contributed by atoms with Crippen molar-refractivity contribution < 1.29 is 63.4 Å². The number of hydrogen-bond acceptors (Lipinski definition) is 14. The molecule has 2 aromatic heterocycles. The van der Waals surface area contributed by atoms with Crippen molar-refractivity contribution in [2.24, 2.45) is 5.16 Å². The van der Waals surface area contributed by atoms with E-state index in [1.807, 2.05) is 0 Å². The Bertz CT molecular complexity index is 1780. The summed E-state index contributed by atoms with van der Waals surface area (Å²) < 4.78 is 7.21. The number of esters is 1. The minimum Gasteiger partial charge on any atom is -0.502 e. The summed E-state index contributed by atoms with van der Waals surface area (Å²) >= 11 is 0.929. The van der Waals surface area contributed by atoms with Gasteiger partial charge in [0.1, 0.15) is 24.5 Å². The van der Waals surface area contributed by atoms with Crippen LogP contribution in [0.4, 0.5) is 5.13 Å². The lowest BCUT2D eigenvalue weighted by molar-refractivity contribution is -0.570. The van der Waals surface area contributed by atoms with Crippen molar-refractivity contribution in [2.45, 2.75) is 50.2 Å². The van der Waals surface area contributed by atoms with Crippen LogP contribution < -0.4 is 16.5 Å². The molecule has 0 bridgehead atoms. The number of carbonyl (C=O) groups excluding carboxylic acids is 3. The zero-order chi connectivity index (χ0) is 33.0. The summed E-state index contributed by atoms with van der Waals surface area (Å²) in [7, 11) is 0.